The van der Waals surface area contributed by atoms with E-state index in [4.69, 9.17) is 25.8 Å². The molecule has 4 aromatic rings. The van der Waals surface area contributed by atoms with Crippen molar-refractivity contribution in [3.8, 4) is 11.5 Å². The fourth-order valence-corrected chi connectivity index (χ4v) is 4.04. The highest BCUT2D eigenvalue weighted by Gasteiger charge is 2.17. The molecule has 0 atom stereocenters. The number of rotatable bonds is 10. The fraction of sp³-hybridized carbons (Fsp3) is 0.214. The second kappa shape index (κ2) is 12.9. The number of hydrazone groups is 1. The zero-order chi connectivity index (χ0) is 26.9. The molecule has 1 aliphatic heterocycles. The van der Waals surface area contributed by atoms with Crippen molar-refractivity contribution in [2.45, 2.75) is 6.61 Å². The Morgan fingerprint density at radius 3 is 2.51 bits per heavy atom. The van der Waals surface area contributed by atoms with E-state index in [0.717, 1.165) is 16.8 Å². The molecule has 200 valence electrons. The van der Waals surface area contributed by atoms with Gasteiger partial charge in [-0.1, -0.05) is 48.0 Å². The van der Waals surface area contributed by atoms with Crippen molar-refractivity contribution in [1.29, 1.82) is 0 Å². The van der Waals surface area contributed by atoms with Gasteiger partial charge < -0.3 is 24.4 Å². The van der Waals surface area contributed by atoms with Gasteiger partial charge in [-0.15, -0.1) is 0 Å². The van der Waals surface area contributed by atoms with Gasteiger partial charge in [0.1, 0.15) is 6.61 Å². The molecule has 0 amide bonds. The van der Waals surface area contributed by atoms with Gasteiger partial charge in [0, 0.05) is 29.4 Å². The van der Waals surface area contributed by atoms with Crippen LogP contribution in [0.3, 0.4) is 0 Å². The van der Waals surface area contributed by atoms with Crippen molar-refractivity contribution in [2.75, 3.05) is 49.1 Å². The van der Waals surface area contributed by atoms with Crippen LogP contribution in [-0.2, 0) is 11.3 Å². The Balaban J connectivity index is 1.29. The Labute approximate surface area is 231 Å². The number of ether oxygens (including phenoxy) is 3. The number of halogens is 1. The minimum Gasteiger partial charge on any atom is -0.493 e. The number of morpholine rings is 1. The first kappa shape index (κ1) is 26.2. The first-order valence-corrected chi connectivity index (χ1v) is 12.8. The maximum atomic E-state index is 6.24. The number of para-hydroxylation sites is 1. The van der Waals surface area contributed by atoms with E-state index in [1.165, 1.54) is 0 Å². The second-order valence-corrected chi connectivity index (χ2v) is 8.94. The van der Waals surface area contributed by atoms with Gasteiger partial charge in [-0.3, -0.25) is 0 Å². The Kier molecular flexibility index (Phi) is 8.67. The summed E-state index contributed by atoms with van der Waals surface area (Å²) in [5.41, 5.74) is 5.49. The van der Waals surface area contributed by atoms with E-state index in [1.54, 1.807) is 13.3 Å². The smallest absolute Gasteiger partial charge is 0.250 e. The van der Waals surface area contributed by atoms with Crippen molar-refractivity contribution < 1.29 is 14.2 Å². The van der Waals surface area contributed by atoms with Crippen molar-refractivity contribution in [2.24, 2.45) is 5.10 Å². The molecule has 1 fully saturated rings. The quantitative estimate of drug-likeness (QED) is 0.207. The minimum atomic E-state index is 0.313. The minimum absolute atomic E-state index is 0.313. The predicted octanol–water partition coefficient (Wildman–Crippen LogP) is 5.14. The van der Waals surface area contributed by atoms with Gasteiger partial charge in [-0.25, -0.2) is 5.43 Å². The van der Waals surface area contributed by atoms with Crippen LogP contribution < -0.4 is 25.1 Å². The molecule has 0 spiro atoms. The van der Waals surface area contributed by atoms with Crippen molar-refractivity contribution in [1.82, 2.24) is 15.0 Å². The lowest BCUT2D eigenvalue weighted by molar-refractivity contribution is 0.122. The standard InChI is InChI=1S/C28H28ClN7O3/c1-37-25-17-20(11-12-24(25)39-19-21-7-5-6-10-23(21)29)18-30-35-27-32-26(31-22-8-3-2-4-9-22)33-28(34-27)36-13-15-38-16-14-36/h2-12,17-18H,13-16,19H2,1H3,(H2,31,32,33,34,35). The zero-order valence-electron chi connectivity index (χ0n) is 21.4. The van der Waals surface area contributed by atoms with Gasteiger partial charge in [0.2, 0.25) is 17.8 Å². The monoisotopic (exact) mass is 545 g/mol. The lowest BCUT2D eigenvalue weighted by Crippen LogP contribution is -2.37. The maximum Gasteiger partial charge on any atom is 0.250 e. The molecule has 0 aliphatic carbocycles. The normalized spacial score (nSPS) is 13.3. The van der Waals surface area contributed by atoms with Crippen LogP contribution in [0, 0.1) is 0 Å². The molecule has 3 aromatic carbocycles. The molecule has 1 aliphatic rings. The Morgan fingerprint density at radius 1 is 0.949 bits per heavy atom. The Bertz CT molecular complexity index is 1420. The molecule has 0 saturated carbocycles. The highest BCUT2D eigenvalue weighted by molar-refractivity contribution is 6.31. The van der Waals surface area contributed by atoms with E-state index in [9.17, 15) is 0 Å². The summed E-state index contributed by atoms with van der Waals surface area (Å²) in [4.78, 5) is 15.7. The van der Waals surface area contributed by atoms with E-state index in [-0.39, 0.29) is 0 Å². The molecule has 1 saturated heterocycles. The lowest BCUT2D eigenvalue weighted by Gasteiger charge is -2.27. The molecule has 2 heterocycles. The summed E-state index contributed by atoms with van der Waals surface area (Å²) < 4.78 is 16.9. The Morgan fingerprint density at radius 2 is 1.72 bits per heavy atom. The number of nitrogens with zero attached hydrogens (tertiary/aromatic N) is 5. The summed E-state index contributed by atoms with van der Waals surface area (Å²) in [6.07, 6.45) is 1.66. The van der Waals surface area contributed by atoms with Crippen LogP contribution in [0.2, 0.25) is 5.02 Å². The fourth-order valence-electron chi connectivity index (χ4n) is 3.85. The third-order valence-electron chi connectivity index (χ3n) is 5.85. The van der Waals surface area contributed by atoms with Crippen molar-refractivity contribution >= 4 is 41.3 Å². The Hall–Kier alpha value is -4.41. The highest BCUT2D eigenvalue weighted by atomic mass is 35.5. The average molecular weight is 546 g/mol. The highest BCUT2D eigenvalue weighted by Crippen LogP contribution is 2.29. The molecule has 39 heavy (non-hydrogen) atoms. The lowest BCUT2D eigenvalue weighted by atomic mass is 10.2. The number of hydrogen-bond donors (Lipinski definition) is 2. The number of benzene rings is 3. The van der Waals surface area contributed by atoms with Crippen LogP contribution in [-0.4, -0.2) is 54.6 Å². The summed E-state index contributed by atoms with van der Waals surface area (Å²) in [5.74, 6) is 2.46. The molecular weight excluding hydrogens is 518 g/mol. The van der Waals surface area contributed by atoms with Crippen molar-refractivity contribution in [3.63, 3.8) is 0 Å². The average Bonchev–Trinajstić information content (AvgIpc) is 2.98. The van der Waals surface area contributed by atoms with E-state index < -0.39 is 0 Å². The second-order valence-electron chi connectivity index (χ2n) is 8.53. The summed E-state index contributed by atoms with van der Waals surface area (Å²) in [6, 6.07) is 22.8. The van der Waals surface area contributed by atoms with Crippen LogP contribution in [0.1, 0.15) is 11.1 Å². The van der Waals surface area contributed by atoms with E-state index in [2.05, 4.69) is 35.7 Å². The molecule has 0 bridgehead atoms. The molecule has 10 nitrogen and oxygen atoms in total. The molecule has 0 radical (unpaired) electrons. The number of anilines is 4. The first-order chi connectivity index (χ1) is 19.2. The molecule has 5 rings (SSSR count). The van der Waals surface area contributed by atoms with Gasteiger partial charge in [0.15, 0.2) is 11.5 Å². The first-order valence-electron chi connectivity index (χ1n) is 12.4. The SMILES string of the molecule is COc1cc(C=NNc2nc(Nc3ccccc3)nc(N3CCOCC3)n2)ccc1OCc1ccccc1Cl. The third kappa shape index (κ3) is 7.13. The van der Waals surface area contributed by atoms with Crippen LogP contribution in [0.5, 0.6) is 11.5 Å². The summed E-state index contributed by atoms with van der Waals surface area (Å²) in [5, 5.41) is 8.23. The number of methoxy groups -OCH3 is 1. The van der Waals surface area contributed by atoms with Crippen LogP contribution in [0.25, 0.3) is 0 Å². The van der Waals surface area contributed by atoms with Crippen LogP contribution in [0.15, 0.2) is 77.9 Å². The molecule has 2 N–H and O–H groups in total. The zero-order valence-corrected chi connectivity index (χ0v) is 22.1. The summed E-state index contributed by atoms with van der Waals surface area (Å²) in [7, 11) is 1.59. The number of aromatic nitrogens is 3. The van der Waals surface area contributed by atoms with E-state index in [1.807, 2.05) is 72.8 Å². The van der Waals surface area contributed by atoms with Crippen LogP contribution in [0.4, 0.5) is 23.5 Å². The molecule has 11 heteroatoms. The van der Waals surface area contributed by atoms with Crippen molar-refractivity contribution in [3.05, 3.63) is 88.9 Å². The van der Waals surface area contributed by atoms with Gasteiger partial charge in [-0.05, 0) is 42.0 Å². The van der Waals surface area contributed by atoms with Gasteiger partial charge in [0.05, 0.1) is 26.5 Å². The maximum absolute atomic E-state index is 6.24. The van der Waals surface area contributed by atoms with Gasteiger partial charge >= 0.3 is 0 Å². The summed E-state index contributed by atoms with van der Waals surface area (Å²) >= 11 is 6.24. The van der Waals surface area contributed by atoms with E-state index >= 15 is 0 Å². The third-order valence-corrected chi connectivity index (χ3v) is 6.22. The van der Waals surface area contributed by atoms with E-state index in [0.29, 0.717) is 67.3 Å². The predicted molar refractivity (Wildman–Crippen MR) is 153 cm³/mol. The van der Waals surface area contributed by atoms with Gasteiger partial charge in [-0.2, -0.15) is 20.1 Å². The molecule has 0 unspecified atom stereocenters. The summed E-state index contributed by atoms with van der Waals surface area (Å²) in [6.45, 7) is 2.96. The molecular formula is C28H28ClN7O3. The topological polar surface area (TPSA) is 106 Å². The largest absolute Gasteiger partial charge is 0.493 e. The molecule has 1 aromatic heterocycles. The number of nitrogens with one attached hydrogen (secondary N) is 2. The van der Waals surface area contributed by atoms with Gasteiger partial charge in [0.25, 0.3) is 0 Å². The van der Waals surface area contributed by atoms with Crippen LogP contribution >= 0.6 is 11.6 Å². The number of hydrogen-bond acceptors (Lipinski definition) is 10.